The molecule has 13 heavy (non-hydrogen) atoms. The van der Waals surface area contributed by atoms with Crippen molar-refractivity contribution in [1.82, 2.24) is 5.32 Å². The second-order valence-electron chi connectivity index (χ2n) is 4.10. The van der Waals surface area contributed by atoms with Gasteiger partial charge in [0.25, 0.3) is 0 Å². The molecule has 0 saturated heterocycles. The lowest BCUT2D eigenvalue weighted by atomic mass is 9.88. The molecule has 3 atom stereocenters. The van der Waals surface area contributed by atoms with Crippen LogP contribution in [0.5, 0.6) is 0 Å². The van der Waals surface area contributed by atoms with E-state index in [2.05, 4.69) is 31.1 Å². The summed E-state index contributed by atoms with van der Waals surface area (Å²) in [5, 5.41) is 3.41. The van der Waals surface area contributed by atoms with E-state index >= 15 is 0 Å². The number of hydrogen-bond acceptors (Lipinski definition) is 1. The molecule has 0 aromatic carbocycles. The smallest absolute Gasteiger partial charge is 0.0245 e. The maximum atomic E-state index is 3.41. The molecule has 0 spiro atoms. The SMILES string of the molecule is CC#CCC(NC)C1CCCC1C. The van der Waals surface area contributed by atoms with Crippen molar-refractivity contribution in [3.8, 4) is 11.8 Å². The second-order valence-corrected chi connectivity index (χ2v) is 4.10. The quantitative estimate of drug-likeness (QED) is 0.656. The van der Waals surface area contributed by atoms with Crippen LogP contribution in [-0.2, 0) is 0 Å². The molecular formula is C12H21N. The fourth-order valence-corrected chi connectivity index (χ4v) is 2.45. The van der Waals surface area contributed by atoms with Crippen LogP contribution in [0, 0.1) is 23.7 Å². The molecule has 1 fully saturated rings. The highest BCUT2D eigenvalue weighted by atomic mass is 14.9. The summed E-state index contributed by atoms with van der Waals surface area (Å²) in [6, 6.07) is 0.616. The zero-order chi connectivity index (χ0) is 9.68. The molecule has 1 heteroatoms. The third-order valence-corrected chi connectivity index (χ3v) is 3.31. The molecule has 0 radical (unpaired) electrons. The van der Waals surface area contributed by atoms with Crippen LogP contribution < -0.4 is 5.32 Å². The lowest BCUT2D eigenvalue weighted by Crippen LogP contribution is -2.34. The molecule has 0 amide bonds. The minimum atomic E-state index is 0.616. The van der Waals surface area contributed by atoms with E-state index in [1.165, 1.54) is 19.3 Å². The van der Waals surface area contributed by atoms with E-state index in [9.17, 15) is 0 Å². The van der Waals surface area contributed by atoms with Gasteiger partial charge in [-0.05, 0) is 32.2 Å². The van der Waals surface area contributed by atoms with E-state index in [0.717, 1.165) is 18.3 Å². The van der Waals surface area contributed by atoms with Crippen LogP contribution in [0.25, 0.3) is 0 Å². The molecule has 1 aliphatic carbocycles. The Hall–Kier alpha value is -0.480. The summed E-state index contributed by atoms with van der Waals surface area (Å²) in [6.45, 7) is 4.30. The molecule has 1 saturated carbocycles. The summed E-state index contributed by atoms with van der Waals surface area (Å²) in [4.78, 5) is 0. The minimum absolute atomic E-state index is 0.616. The summed E-state index contributed by atoms with van der Waals surface area (Å²) >= 11 is 0. The highest BCUT2D eigenvalue weighted by molar-refractivity contribution is 5.00. The molecule has 0 bridgehead atoms. The normalized spacial score (nSPS) is 29.5. The van der Waals surface area contributed by atoms with E-state index in [0.29, 0.717) is 6.04 Å². The van der Waals surface area contributed by atoms with Crippen LogP contribution in [0.3, 0.4) is 0 Å². The van der Waals surface area contributed by atoms with Crippen LogP contribution >= 0.6 is 0 Å². The number of nitrogens with one attached hydrogen (secondary N) is 1. The van der Waals surface area contributed by atoms with Gasteiger partial charge >= 0.3 is 0 Å². The summed E-state index contributed by atoms with van der Waals surface area (Å²) in [5.41, 5.74) is 0. The van der Waals surface area contributed by atoms with Crippen molar-refractivity contribution in [3.05, 3.63) is 0 Å². The first-order valence-corrected chi connectivity index (χ1v) is 5.36. The van der Waals surface area contributed by atoms with Gasteiger partial charge in [0.1, 0.15) is 0 Å². The van der Waals surface area contributed by atoms with Crippen LogP contribution in [0.1, 0.15) is 39.5 Å². The van der Waals surface area contributed by atoms with Crippen LogP contribution in [0.2, 0.25) is 0 Å². The monoisotopic (exact) mass is 179 g/mol. The molecular weight excluding hydrogens is 158 g/mol. The molecule has 0 aliphatic heterocycles. The third kappa shape index (κ3) is 2.74. The van der Waals surface area contributed by atoms with Gasteiger partial charge in [-0.1, -0.05) is 19.8 Å². The van der Waals surface area contributed by atoms with Crippen molar-refractivity contribution in [2.24, 2.45) is 11.8 Å². The van der Waals surface area contributed by atoms with E-state index in [1.54, 1.807) is 0 Å². The Morgan fingerprint density at radius 3 is 2.69 bits per heavy atom. The predicted molar refractivity (Wildman–Crippen MR) is 57.4 cm³/mol. The Bertz CT molecular complexity index is 199. The van der Waals surface area contributed by atoms with Crippen molar-refractivity contribution in [2.45, 2.75) is 45.6 Å². The summed E-state index contributed by atoms with van der Waals surface area (Å²) in [5.74, 6) is 7.90. The van der Waals surface area contributed by atoms with Gasteiger partial charge in [-0.2, -0.15) is 0 Å². The van der Waals surface area contributed by atoms with Crippen molar-refractivity contribution in [1.29, 1.82) is 0 Å². The van der Waals surface area contributed by atoms with Crippen LogP contribution in [0.4, 0.5) is 0 Å². The third-order valence-electron chi connectivity index (χ3n) is 3.31. The Labute approximate surface area is 82.3 Å². The molecule has 0 aromatic rings. The Morgan fingerprint density at radius 1 is 1.46 bits per heavy atom. The van der Waals surface area contributed by atoms with Crippen molar-refractivity contribution in [2.75, 3.05) is 7.05 Å². The topological polar surface area (TPSA) is 12.0 Å². The zero-order valence-electron chi connectivity index (χ0n) is 9.06. The minimum Gasteiger partial charge on any atom is -0.316 e. The van der Waals surface area contributed by atoms with Crippen molar-refractivity contribution >= 4 is 0 Å². The van der Waals surface area contributed by atoms with Crippen LogP contribution in [0.15, 0.2) is 0 Å². The average molecular weight is 179 g/mol. The van der Waals surface area contributed by atoms with Gasteiger partial charge in [-0.15, -0.1) is 11.8 Å². The van der Waals surface area contributed by atoms with Gasteiger partial charge in [-0.3, -0.25) is 0 Å². The Kier molecular flexibility index (Phi) is 4.32. The summed E-state index contributed by atoms with van der Waals surface area (Å²) < 4.78 is 0. The fourth-order valence-electron chi connectivity index (χ4n) is 2.45. The second kappa shape index (κ2) is 5.29. The van der Waals surface area contributed by atoms with E-state index in [-0.39, 0.29) is 0 Å². The maximum Gasteiger partial charge on any atom is 0.0245 e. The van der Waals surface area contributed by atoms with Gasteiger partial charge in [0.15, 0.2) is 0 Å². The fraction of sp³-hybridized carbons (Fsp3) is 0.833. The van der Waals surface area contributed by atoms with Gasteiger partial charge in [0.05, 0.1) is 0 Å². The first-order valence-electron chi connectivity index (χ1n) is 5.36. The van der Waals surface area contributed by atoms with Crippen molar-refractivity contribution in [3.63, 3.8) is 0 Å². The zero-order valence-corrected chi connectivity index (χ0v) is 9.06. The van der Waals surface area contributed by atoms with Gasteiger partial charge in [-0.25, -0.2) is 0 Å². The molecule has 1 rings (SSSR count). The summed E-state index contributed by atoms with van der Waals surface area (Å²) in [7, 11) is 2.06. The molecule has 1 nitrogen and oxygen atoms in total. The molecule has 0 heterocycles. The molecule has 1 N–H and O–H groups in total. The largest absolute Gasteiger partial charge is 0.316 e. The lowest BCUT2D eigenvalue weighted by molar-refractivity contribution is 0.314. The van der Waals surface area contributed by atoms with Gasteiger partial charge in [0.2, 0.25) is 0 Å². The molecule has 3 unspecified atom stereocenters. The first-order chi connectivity index (χ1) is 6.29. The number of hydrogen-bond donors (Lipinski definition) is 1. The van der Waals surface area contributed by atoms with E-state index in [4.69, 9.17) is 0 Å². The summed E-state index contributed by atoms with van der Waals surface area (Å²) in [6.07, 6.45) is 5.21. The van der Waals surface area contributed by atoms with Crippen LogP contribution in [-0.4, -0.2) is 13.1 Å². The van der Waals surface area contributed by atoms with Gasteiger partial charge in [0, 0.05) is 12.5 Å². The first kappa shape index (κ1) is 10.6. The van der Waals surface area contributed by atoms with Crippen molar-refractivity contribution < 1.29 is 0 Å². The van der Waals surface area contributed by atoms with E-state index in [1.807, 2.05) is 6.92 Å². The highest BCUT2D eigenvalue weighted by Gasteiger charge is 2.29. The van der Waals surface area contributed by atoms with E-state index < -0.39 is 0 Å². The Balaban J connectivity index is 2.47. The standard InChI is InChI=1S/C12H21N/c1-4-5-9-12(13-3)11-8-6-7-10(11)2/h10-13H,6-9H2,1-3H3. The lowest BCUT2D eigenvalue weighted by Gasteiger charge is -2.24. The Morgan fingerprint density at radius 2 is 2.23 bits per heavy atom. The molecule has 1 aliphatic rings. The highest BCUT2D eigenvalue weighted by Crippen LogP contribution is 2.34. The molecule has 74 valence electrons. The average Bonchev–Trinajstić information content (AvgIpc) is 2.54. The predicted octanol–water partition coefficient (Wildman–Crippen LogP) is 2.42. The maximum absolute atomic E-state index is 3.41. The van der Waals surface area contributed by atoms with Gasteiger partial charge < -0.3 is 5.32 Å². The number of rotatable bonds is 3. The molecule has 0 aromatic heterocycles.